The van der Waals surface area contributed by atoms with Crippen molar-refractivity contribution in [1.82, 2.24) is 0 Å². The number of carbonyl (C=O) groups is 3. The van der Waals surface area contributed by atoms with Crippen molar-refractivity contribution < 1.29 is 33.3 Å². The highest BCUT2D eigenvalue weighted by atomic mass is 79.9. The van der Waals surface area contributed by atoms with Crippen LogP contribution >= 0.6 is 63.7 Å². The third-order valence-corrected chi connectivity index (χ3v) is 8.38. The van der Waals surface area contributed by atoms with Crippen molar-refractivity contribution in [2.24, 2.45) is 0 Å². The van der Waals surface area contributed by atoms with Crippen LogP contribution in [0.25, 0.3) is 0 Å². The lowest BCUT2D eigenvalue weighted by Gasteiger charge is -2.24. The molecular formula is C14H6Br4O7. The first-order chi connectivity index (χ1) is 11.7. The van der Waals surface area contributed by atoms with Gasteiger partial charge in [0.1, 0.15) is 0 Å². The summed E-state index contributed by atoms with van der Waals surface area (Å²) in [5.41, 5.74) is -0.120. The maximum Gasteiger partial charge on any atom is 0.378 e. The van der Waals surface area contributed by atoms with Crippen LogP contribution in [-0.2, 0) is 34.3 Å². The van der Waals surface area contributed by atoms with E-state index < -0.39 is 29.5 Å². The molecule has 0 saturated heterocycles. The Hall–Kier alpha value is -0.910. The molecule has 1 spiro atoms. The second-order valence-electron chi connectivity index (χ2n) is 4.80. The summed E-state index contributed by atoms with van der Waals surface area (Å²) >= 11 is 13.4. The molecule has 3 rings (SSSR count). The van der Waals surface area contributed by atoms with E-state index in [-0.39, 0.29) is 16.7 Å². The van der Waals surface area contributed by atoms with Crippen molar-refractivity contribution in [1.29, 1.82) is 0 Å². The minimum atomic E-state index is -2.10. The number of rotatable bonds is 2. The lowest BCUT2D eigenvalue weighted by atomic mass is 9.96. The fraction of sp³-hybridized carbons (Fsp3) is 0.214. The Labute approximate surface area is 174 Å². The Balaban J connectivity index is 2.43. The second-order valence-corrected chi connectivity index (χ2v) is 7.97. The van der Waals surface area contributed by atoms with Crippen LogP contribution in [-0.4, -0.2) is 32.1 Å². The van der Waals surface area contributed by atoms with E-state index in [4.69, 9.17) is 18.9 Å². The highest BCUT2D eigenvalue weighted by molar-refractivity contribution is 9.15. The van der Waals surface area contributed by atoms with Gasteiger partial charge in [-0.25, -0.2) is 14.4 Å². The Bertz CT molecular complexity index is 892. The summed E-state index contributed by atoms with van der Waals surface area (Å²) in [7, 11) is 2.32. The van der Waals surface area contributed by atoms with E-state index in [1.807, 2.05) is 0 Å². The molecule has 2 aliphatic heterocycles. The van der Waals surface area contributed by atoms with Crippen molar-refractivity contribution in [2.75, 3.05) is 14.2 Å². The van der Waals surface area contributed by atoms with Gasteiger partial charge < -0.3 is 18.9 Å². The zero-order valence-electron chi connectivity index (χ0n) is 12.4. The van der Waals surface area contributed by atoms with Crippen LogP contribution in [0, 0.1) is 0 Å². The molecule has 1 atom stereocenters. The van der Waals surface area contributed by atoms with Gasteiger partial charge in [0.15, 0.2) is 5.57 Å². The number of benzene rings is 1. The van der Waals surface area contributed by atoms with E-state index >= 15 is 0 Å². The van der Waals surface area contributed by atoms with Gasteiger partial charge in [0.2, 0.25) is 5.76 Å². The summed E-state index contributed by atoms with van der Waals surface area (Å²) in [6.45, 7) is 0. The molecule has 1 aromatic carbocycles. The molecule has 0 N–H and O–H groups in total. The number of hydrogen-bond acceptors (Lipinski definition) is 7. The zero-order chi connectivity index (χ0) is 18.7. The first-order valence-corrected chi connectivity index (χ1v) is 9.58. The van der Waals surface area contributed by atoms with Gasteiger partial charge in [-0.2, -0.15) is 0 Å². The number of ether oxygens (including phenoxy) is 4. The largest absolute Gasteiger partial charge is 0.489 e. The van der Waals surface area contributed by atoms with Crippen LogP contribution in [0.5, 0.6) is 0 Å². The number of fused-ring (bicyclic) bond motifs is 2. The highest BCUT2D eigenvalue weighted by Crippen LogP contribution is 2.56. The van der Waals surface area contributed by atoms with Crippen molar-refractivity contribution in [3.8, 4) is 0 Å². The van der Waals surface area contributed by atoms with Crippen LogP contribution in [0.4, 0.5) is 0 Å². The summed E-state index contributed by atoms with van der Waals surface area (Å²) in [5.74, 6) is -5.17. The molecule has 0 aliphatic carbocycles. The van der Waals surface area contributed by atoms with Crippen molar-refractivity contribution >= 4 is 81.6 Å². The number of methoxy groups -OCH3 is 2. The van der Waals surface area contributed by atoms with Crippen molar-refractivity contribution in [3.63, 3.8) is 0 Å². The van der Waals surface area contributed by atoms with Gasteiger partial charge >= 0.3 is 23.7 Å². The molecule has 7 nitrogen and oxygen atoms in total. The number of carbonyl (C=O) groups excluding carboxylic acids is 3. The molecule has 0 saturated carbocycles. The fourth-order valence-corrected chi connectivity index (χ4v) is 5.15. The van der Waals surface area contributed by atoms with Crippen molar-refractivity contribution in [3.05, 3.63) is 40.4 Å². The molecule has 2 heterocycles. The topological polar surface area (TPSA) is 88.1 Å². The van der Waals surface area contributed by atoms with Crippen LogP contribution in [0.1, 0.15) is 15.9 Å². The normalized spacial score (nSPS) is 21.4. The van der Waals surface area contributed by atoms with E-state index in [9.17, 15) is 14.4 Å². The van der Waals surface area contributed by atoms with Crippen LogP contribution in [0.15, 0.2) is 29.2 Å². The maximum absolute atomic E-state index is 12.5. The average molecular weight is 606 g/mol. The van der Waals surface area contributed by atoms with Gasteiger partial charge in [0.25, 0.3) is 0 Å². The fourth-order valence-electron chi connectivity index (χ4n) is 2.61. The predicted octanol–water partition coefficient (Wildman–Crippen LogP) is 3.69. The molecule has 2 aliphatic rings. The molecular weight excluding hydrogens is 600 g/mol. The van der Waals surface area contributed by atoms with Gasteiger partial charge in [0, 0.05) is 17.9 Å². The van der Waals surface area contributed by atoms with Gasteiger partial charge in [-0.05, 0) is 63.7 Å². The minimum absolute atomic E-state index is 0.0912. The van der Waals surface area contributed by atoms with E-state index in [1.165, 1.54) is 7.11 Å². The van der Waals surface area contributed by atoms with E-state index in [1.54, 1.807) is 0 Å². The lowest BCUT2D eigenvalue weighted by molar-refractivity contribution is -0.186. The van der Waals surface area contributed by atoms with Gasteiger partial charge in [-0.3, -0.25) is 0 Å². The zero-order valence-corrected chi connectivity index (χ0v) is 18.7. The monoisotopic (exact) mass is 602 g/mol. The van der Waals surface area contributed by atoms with Gasteiger partial charge in [-0.1, -0.05) is 0 Å². The molecule has 0 amide bonds. The van der Waals surface area contributed by atoms with Crippen molar-refractivity contribution in [2.45, 2.75) is 5.79 Å². The third-order valence-electron chi connectivity index (χ3n) is 3.61. The molecule has 25 heavy (non-hydrogen) atoms. The van der Waals surface area contributed by atoms with Gasteiger partial charge in [-0.15, -0.1) is 0 Å². The van der Waals surface area contributed by atoms with Crippen LogP contribution in [0.3, 0.4) is 0 Å². The smallest absolute Gasteiger partial charge is 0.378 e. The maximum atomic E-state index is 12.5. The Morgan fingerprint density at radius 1 is 0.920 bits per heavy atom. The highest BCUT2D eigenvalue weighted by Gasteiger charge is 2.63. The molecule has 0 radical (unpaired) electrons. The molecule has 0 aromatic heterocycles. The average Bonchev–Trinajstić information content (AvgIpc) is 3.02. The first-order valence-electron chi connectivity index (χ1n) is 6.41. The van der Waals surface area contributed by atoms with E-state index in [0.29, 0.717) is 17.9 Å². The molecule has 0 fully saturated rings. The standard InChI is InChI=1S/C14H6Br4O7/c1-22-10-5(12(20)23-2)14(25-13(10)21)4-3(11(19)24-14)6(15)8(17)9(18)7(4)16/h1-2H3. The summed E-state index contributed by atoms with van der Waals surface area (Å²) in [5, 5.41) is 0. The van der Waals surface area contributed by atoms with Crippen LogP contribution in [0.2, 0.25) is 0 Å². The van der Waals surface area contributed by atoms with E-state index in [2.05, 4.69) is 63.7 Å². The summed E-state index contributed by atoms with van der Waals surface area (Å²) < 4.78 is 22.2. The molecule has 0 bridgehead atoms. The Morgan fingerprint density at radius 3 is 2.04 bits per heavy atom. The quantitative estimate of drug-likeness (QED) is 0.289. The Kier molecular flexibility index (Phi) is 4.80. The SMILES string of the molecule is COC(=O)C1=C(OC)C(=O)OC12OC(=O)c1c(Br)c(Br)c(Br)c(Br)c12. The summed E-state index contributed by atoms with van der Waals surface area (Å²) in [6.07, 6.45) is 0. The molecule has 1 aromatic rings. The number of hydrogen-bond donors (Lipinski definition) is 0. The minimum Gasteiger partial charge on any atom is -0.489 e. The molecule has 11 heteroatoms. The summed E-state index contributed by atoms with van der Waals surface area (Å²) in [4.78, 5) is 37.0. The molecule has 1 unspecified atom stereocenters. The predicted molar refractivity (Wildman–Crippen MR) is 96.5 cm³/mol. The van der Waals surface area contributed by atoms with Gasteiger partial charge in [0.05, 0.1) is 25.3 Å². The lowest BCUT2D eigenvalue weighted by Crippen LogP contribution is -2.33. The number of esters is 3. The number of halogens is 4. The summed E-state index contributed by atoms with van der Waals surface area (Å²) in [6, 6.07) is 0. The third kappa shape index (κ3) is 2.42. The Morgan fingerprint density at radius 2 is 1.48 bits per heavy atom. The first kappa shape index (κ1) is 18.9. The second kappa shape index (κ2) is 6.36. The van der Waals surface area contributed by atoms with Crippen LogP contribution < -0.4 is 0 Å². The molecule has 132 valence electrons. The van der Waals surface area contributed by atoms with E-state index in [0.717, 1.165) is 7.11 Å².